The van der Waals surface area contributed by atoms with E-state index in [2.05, 4.69) is 18.6 Å². The van der Waals surface area contributed by atoms with Crippen molar-refractivity contribution in [2.75, 3.05) is 13.2 Å². The Morgan fingerprint density at radius 3 is 2.28 bits per heavy atom. The molecule has 0 amide bonds. The summed E-state index contributed by atoms with van der Waals surface area (Å²) in [4.78, 5) is 34.9. The third-order valence-corrected chi connectivity index (χ3v) is 3.75. The highest BCUT2D eigenvalue weighted by molar-refractivity contribution is 6.15. The fourth-order valence-corrected chi connectivity index (χ4v) is 2.34. The van der Waals surface area contributed by atoms with E-state index in [0.717, 1.165) is 5.56 Å². The van der Waals surface area contributed by atoms with Gasteiger partial charge in [0.15, 0.2) is 0 Å². The minimum Gasteiger partial charge on any atom is -0.491 e. The maximum absolute atomic E-state index is 12.0. The molecule has 1 unspecified atom stereocenters. The minimum atomic E-state index is -1.01. The van der Waals surface area contributed by atoms with Crippen molar-refractivity contribution in [1.29, 1.82) is 0 Å². The van der Waals surface area contributed by atoms with E-state index in [4.69, 9.17) is 9.47 Å². The Kier molecular flexibility index (Phi) is 7.91. The van der Waals surface area contributed by atoms with Gasteiger partial charge in [0.25, 0.3) is 0 Å². The molecule has 0 aliphatic carbocycles. The SMILES string of the molecule is CCC.Cc1ccc(OCC(O)COC(=O)c2ccc3c(c2)C(=O)OC3=O)cc1. The van der Waals surface area contributed by atoms with Crippen LogP contribution in [0.4, 0.5) is 0 Å². The molecule has 2 aromatic rings. The normalized spacial score (nSPS) is 13.0. The maximum Gasteiger partial charge on any atom is 0.346 e. The lowest BCUT2D eigenvalue weighted by Crippen LogP contribution is -2.25. The molecule has 2 aromatic carbocycles. The summed E-state index contributed by atoms with van der Waals surface area (Å²) in [7, 11) is 0. The Morgan fingerprint density at radius 1 is 1.00 bits per heavy atom. The van der Waals surface area contributed by atoms with Crippen LogP contribution in [0.15, 0.2) is 42.5 Å². The molecule has 0 spiro atoms. The molecule has 1 aliphatic rings. The zero-order valence-corrected chi connectivity index (χ0v) is 16.6. The molecule has 1 aliphatic heterocycles. The third kappa shape index (κ3) is 6.15. The Bertz CT molecular complexity index is 871. The summed E-state index contributed by atoms with van der Waals surface area (Å²) < 4.78 is 14.9. The van der Waals surface area contributed by atoms with Crippen molar-refractivity contribution < 1.29 is 33.7 Å². The van der Waals surface area contributed by atoms with Crippen LogP contribution in [0.3, 0.4) is 0 Å². The molecule has 1 heterocycles. The predicted molar refractivity (Wildman–Crippen MR) is 105 cm³/mol. The quantitative estimate of drug-likeness (QED) is 0.586. The van der Waals surface area contributed by atoms with Crippen molar-refractivity contribution in [3.05, 3.63) is 64.7 Å². The summed E-state index contributed by atoms with van der Waals surface area (Å²) in [6.07, 6.45) is 0.237. The van der Waals surface area contributed by atoms with Crippen molar-refractivity contribution >= 4 is 17.9 Å². The summed E-state index contributed by atoms with van der Waals surface area (Å²) in [6.45, 7) is 5.89. The van der Waals surface area contributed by atoms with Gasteiger partial charge < -0.3 is 19.3 Å². The Balaban J connectivity index is 0.000000941. The second-order valence-electron chi connectivity index (χ2n) is 6.52. The smallest absolute Gasteiger partial charge is 0.346 e. The Hall–Kier alpha value is -3.19. The number of esters is 3. The van der Waals surface area contributed by atoms with Crippen LogP contribution < -0.4 is 4.74 Å². The van der Waals surface area contributed by atoms with E-state index < -0.39 is 24.0 Å². The van der Waals surface area contributed by atoms with Gasteiger partial charge in [-0.2, -0.15) is 0 Å². The number of carbonyl (C=O) groups is 3. The van der Waals surface area contributed by atoms with Crippen LogP contribution in [0.25, 0.3) is 0 Å². The van der Waals surface area contributed by atoms with Crippen molar-refractivity contribution in [1.82, 2.24) is 0 Å². The van der Waals surface area contributed by atoms with Crippen LogP contribution >= 0.6 is 0 Å². The highest BCUT2D eigenvalue weighted by atomic mass is 16.6. The molecule has 29 heavy (non-hydrogen) atoms. The van der Waals surface area contributed by atoms with Crippen molar-refractivity contribution in [3.63, 3.8) is 0 Å². The number of hydrogen-bond donors (Lipinski definition) is 1. The van der Waals surface area contributed by atoms with Crippen LogP contribution in [0.5, 0.6) is 5.75 Å². The van der Waals surface area contributed by atoms with E-state index in [1.54, 1.807) is 12.1 Å². The lowest BCUT2D eigenvalue weighted by molar-refractivity contribution is 0.0130. The number of carbonyl (C=O) groups excluding carboxylic acids is 3. The van der Waals surface area contributed by atoms with Gasteiger partial charge in [0, 0.05) is 0 Å². The first-order valence-electron chi connectivity index (χ1n) is 9.30. The number of benzene rings is 2. The van der Waals surface area contributed by atoms with Crippen molar-refractivity contribution in [3.8, 4) is 5.75 Å². The molecule has 1 N–H and O–H groups in total. The zero-order chi connectivity index (χ0) is 21.4. The second-order valence-corrected chi connectivity index (χ2v) is 6.52. The van der Waals surface area contributed by atoms with Crippen LogP contribution in [0.2, 0.25) is 0 Å². The number of hydrogen-bond acceptors (Lipinski definition) is 7. The van der Waals surface area contributed by atoms with E-state index >= 15 is 0 Å². The number of aliphatic hydroxyl groups excluding tert-OH is 1. The van der Waals surface area contributed by atoms with E-state index in [1.807, 2.05) is 19.1 Å². The minimum absolute atomic E-state index is 0.0210. The number of rotatable bonds is 6. The monoisotopic (exact) mass is 400 g/mol. The first kappa shape index (κ1) is 22.1. The Morgan fingerprint density at radius 2 is 1.62 bits per heavy atom. The van der Waals surface area contributed by atoms with E-state index in [-0.39, 0.29) is 29.9 Å². The molecular formula is C22H24O7. The molecule has 0 bridgehead atoms. The first-order valence-corrected chi connectivity index (χ1v) is 9.30. The molecule has 154 valence electrons. The summed E-state index contributed by atoms with van der Waals surface area (Å²) >= 11 is 0. The van der Waals surface area contributed by atoms with Gasteiger partial charge in [-0.1, -0.05) is 38.0 Å². The average Bonchev–Trinajstić information content (AvgIpc) is 2.99. The number of aliphatic hydroxyl groups is 1. The van der Waals surface area contributed by atoms with Gasteiger partial charge in [-0.05, 0) is 37.3 Å². The largest absolute Gasteiger partial charge is 0.491 e. The summed E-state index contributed by atoms with van der Waals surface area (Å²) in [5, 5.41) is 9.87. The number of ether oxygens (including phenoxy) is 3. The summed E-state index contributed by atoms with van der Waals surface area (Å²) in [6, 6.07) is 11.2. The van der Waals surface area contributed by atoms with Crippen molar-refractivity contribution in [2.45, 2.75) is 33.3 Å². The average molecular weight is 400 g/mol. The van der Waals surface area contributed by atoms with Gasteiger partial charge in [0.05, 0.1) is 16.7 Å². The Labute approximate surface area is 169 Å². The molecule has 1 atom stereocenters. The maximum atomic E-state index is 12.0. The van der Waals surface area contributed by atoms with Crippen LogP contribution in [0.1, 0.15) is 56.9 Å². The molecule has 3 rings (SSSR count). The fourth-order valence-electron chi connectivity index (χ4n) is 2.34. The highest BCUT2D eigenvalue weighted by Crippen LogP contribution is 2.21. The number of fused-ring (bicyclic) bond motifs is 1. The van der Waals surface area contributed by atoms with Gasteiger partial charge >= 0.3 is 17.9 Å². The topological polar surface area (TPSA) is 99.1 Å². The molecule has 0 fully saturated rings. The molecule has 0 aromatic heterocycles. The predicted octanol–water partition coefficient (Wildman–Crippen LogP) is 3.32. The van der Waals surface area contributed by atoms with Gasteiger partial charge in [-0.25, -0.2) is 14.4 Å². The van der Waals surface area contributed by atoms with E-state index in [0.29, 0.717) is 5.75 Å². The molecule has 0 saturated carbocycles. The third-order valence-electron chi connectivity index (χ3n) is 3.75. The van der Waals surface area contributed by atoms with Gasteiger partial charge in [0.1, 0.15) is 25.1 Å². The fraction of sp³-hybridized carbons (Fsp3) is 0.318. The molecule has 7 nitrogen and oxygen atoms in total. The lowest BCUT2D eigenvalue weighted by Gasteiger charge is -2.13. The lowest BCUT2D eigenvalue weighted by atomic mass is 10.1. The van der Waals surface area contributed by atoms with E-state index in [1.165, 1.54) is 24.6 Å². The van der Waals surface area contributed by atoms with Gasteiger partial charge in [-0.3, -0.25) is 0 Å². The van der Waals surface area contributed by atoms with Crippen molar-refractivity contribution in [2.24, 2.45) is 0 Å². The molecular weight excluding hydrogens is 376 g/mol. The summed E-state index contributed by atoms with van der Waals surface area (Å²) in [5.41, 5.74) is 1.31. The standard InChI is InChI=1S/C19H16O7.C3H8/c1-11-2-5-14(6-3-11)24-9-13(20)10-25-17(21)12-4-7-15-16(8-12)19(23)26-18(15)22;1-3-2/h2-8,13,20H,9-10H2,1H3;3H2,1-2H3. The first-order chi connectivity index (χ1) is 13.8. The second kappa shape index (κ2) is 10.4. The zero-order valence-electron chi connectivity index (χ0n) is 16.6. The highest BCUT2D eigenvalue weighted by Gasteiger charge is 2.30. The number of cyclic esters (lactones) is 2. The van der Waals surface area contributed by atoms with Crippen LogP contribution in [-0.4, -0.2) is 42.3 Å². The molecule has 7 heteroatoms. The van der Waals surface area contributed by atoms with Crippen LogP contribution in [0, 0.1) is 6.92 Å². The molecule has 0 radical (unpaired) electrons. The summed E-state index contributed by atoms with van der Waals surface area (Å²) in [5.74, 6) is -1.67. The molecule has 0 saturated heterocycles. The number of aryl methyl sites for hydroxylation is 1. The van der Waals surface area contributed by atoms with E-state index in [9.17, 15) is 19.5 Å². The van der Waals surface area contributed by atoms with Gasteiger partial charge in [0.2, 0.25) is 0 Å². The van der Waals surface area contributed by atoms with Gasteiger partial charge in [-0.15, -0.1) is 0 Å². The van der Waals surface area contributed by atoms with Crippen LogP contribution in [-0.2, 0) is 9.47 Å².